The van der Waals surface area contributed by atoms with Crippen molar-refractivity contribution >= 4 is 22.6 Å². The Morgan fingerprint density at radius 1 is 1.09 bits per heavy atom. The number of benzene rings is 2. The van der Waals surface area contributed by atoms with E-state index in [4.69, 9.17) is 4.98 Å². The van der Waals surface area contributed by atoms with Crippen LogP contribution in [0.2, 0.25) is 0 Å². The van der Waals surface area contributed by atoms with Crippen molar-refractivity contribution in [3.63, 3.8) is 0 Å². The summed E-state index contributed by atoms with van der Waals surface area (Å²) < 4.78 is 42.0. The van der Waals surface area contributed by atoms with Crippen molar-refractivity contribution in [1.82, 2.24) is 14.5 Å². The van der Waals surface area contributed by atoms with Crippen LogP contribution in [0.5, 0.6) is 0 Å². The molecule has 0 aliphatic carbocycles. The van der Waals surface area contributed by atoms with E-state index < -0.39 is 23.8 Å². The van der Waals surface area contributed by atoms with Crippen LogP contribution in [0.1, 0.15) is 51.5 Å². The van der Waals surface area contributed by atoms with Crippen molar-refractivity contribution in [2.75, 3.05) is 11.9 Å². The quantitative estimate of drug-likeness (QED) is 0.452. The first-order valence-corrected chi connectivity index (χ1v) is 11.3. The maximum absolute atomic E-state index is 13.5. The number of carbonyl (C=O) groups is 1. The fourth-order valence-corrected chi connectivity index (χ4v) is 4.06. The Morgan fingerprint density at radius 3 is 2.35 bits per heavy atom. The molecule has 0 aliphatic heterocycles. The van der Waals surface area contributed by atoms with E-state index in [-0.39, 0.29) is 23.7 Å². The van der Waals surface area contributed by atoms with Crippen molar-refractivity contribution in [2.24, 2.45) is 5.92 Å². The Bertz CT molecular complexity index is 1220. The fourth-order valence-electron chi connectivity index (χ4n) is 4.06. The van der Waals surface area contributed by atoms with Crippen molar-refractivity contribution in [3.05, 3.63) is 70.3 Å². The third kappa shape index (κ3) is 5.24. The minimum Gasteiger partial charge on any atom is -0.314 e. The molecule has 0 aliphatic rings. The van der Waals surface area contributed by atoms with Gasteiger partial charge < -0.3 is 10.2 Å². The van der Waals surface area contributed by atoms with Crippen LogP contribution in [0.3, 0.4) is 0 Å². The molecule has 1 aromatic heterocycles. The van der Waals surface area contributed by atoms with Gasteiger partial charge in [0.05, 0.1) is 28.2 Å². The maximum atomic E-state index is 13.5. The summed E-state index contributed by atoms with van der Waals surface area (Å²) in [7, 11) is 0. The largest absolute Gasteiger partial charge is 0.418 e. The highest BCUT2D eigenvalue weighted by Crippen LogP contribution is 2.35. The number of nitrogens with one attached hydrogen (secondary N) is 1. The number of amides is 2. The molecule has 1 N–H and O–H groups in total. The molecule has 0 saturated carbocycles. The second-order valence-electron chi connectivity index (χ2n) is 8.48. The van der Waals surface area contributed by atoms with E-state index in [0.29, 0.717) is 29.7 Å². The molecule has 3 aromatic rings. The van der Waals surface area contributed by atoms with E-state index >= 15 is 0 Å². The van der Waals surface area contributed by atoms with Gasteiger partial charge in [0.1, 0.15) is 5.82 Å². The van der Waals surface area contributed by atoms with E-state index in [0.717, 1.165) is 6.07 Å². The highest BCUT2D eigenvalue weighted by Gasteiger charge is 2.35. The number of para-hydroxylation sites is 2. The Hall–Kier alpha value is -3.36. The van der Waals surface area contributed by atoms with Gasteiger partial charge in [-0.1, -0.05) is 45.0 Å². The van der Waals surface area contributed by atoms with Gasteiger partial charge in [0.2, 0.25) is 0 Å². The van der Waals surface area contributed by atoms with Crippen LogP contribution in [0.25, 0.3) is 10.9 Å². The monoisotopic (exact) mass is 474 g/mol. The first-order chi connectivity index (χ1) is 16.1. The molecule has 3 rings (SSSR count). The molecule has 9 heteroatoms. The van der Waals surface area contributed by atoms with E-state index in [1.54, 1.807) is 24.3 Å². The molecule has 34 heavy (non-hydrogen) atoms. The number of carbonyl (C=O) groups excluding carboxylic acids is 1. The summed E-state index contributed by atoms with van der Waals surface area (Å²) in [6, 6.07) is 10.6. The molecular weight excluding hydrogens is 445 g/mol. The van der Waals surface area contributed by atoms with Gasteiger partial charge in [-0.2, -0.15) is 13.2 Å². The lowest BCUT2D eigenvalue weighted by molar-refractivity contribution is -0.136. The third-order valence-electron chi connectivity index (χ3n) is 5.57. The lowest BCUT2D eigenvalue weighted by atomic mass is 10.1. The van der Waals surface area contributed by atoms with Gasteiger partial charge in [0.15, 0.2) is 0 Å². The van der Waals surface area contributed by atoms with Crippen LogP contribution in [0.4, 0.5) is 23.7 Å². The zero-order valence-electron chi connectivity index (χ0n) is 19.7. The van der Waals surface area contributed by atoms with Gasteiger partial charge >= 0.3 is 12.2 Å². The van der Waals surface area contributed by atoms with Crippen LogP contribution >= 0.6 is 0 Å². The number of rotatable bonds is 7. The van der Waals surface area contributed by atoms with Gasteiger partial charge in [-0.3, -0.25) is 9.36 Å². The Labute approximate surface area is 196 Å². The molecule has 0 spiro atoms. The van der Waals surface area contributed by atoms with Gasteiger partial charge in [-0.25, -0.2) is 9.78 Å². The van der Waals surface area contributed by atoms with Crippen LogP contribution in [-0.2, 0) is 12.7 Å². The predicted molar refractivity (Wildman–Crippen MR) is 127 cm³/mol. The Morgan fingerprint density at radius 2 is 1.74 bits per heavy atom. The zero-order chi connectivity index (χ0) is 25.0. The van der Waals surface area contributed by atoms with Crippen LogP contribution < -0.4 is 10.9 Å². The molecular formula is C25H29F3N4O2. The SMILES string of the molecule is CCC(c1nc2ccccc2c(=O)n1CC)N(CC(C)C)C(=O)Nc1ccccc1C(F)(F)F. The van der Waals surface area contributed by atoms with Gasteiger partial charge in [0, 0.05) is 13.1 Å². The van der Waals surface area contributed by atoms with E-state index in [1.807, 2.05) is 27.7 Å². The summed E-state index contributed by atoms with van der Waals surface area (Å²) in [6.07, 6.45) is -4.19. The first-order valence-electron chi connectivity index (χ1n) is 11.3. The number of fused-ring (bicyclic) bond motifs is 1. The summed E-state index contributed by atoms with van der Waals surface area (Å²) >= 11 is 0. The topological polar surface area (TPSA) is 67.2 Å². The second kappa shape index (κ2) is 10.3. The minimum atomic E-state index is -4.61. The molecule has 1 heterocycles. The highest BCUT2D eigenvalue weighted by atomic mass is 19.4. The average molecular weight is 475 g/mol. The number of urea groups is 1. The van der Waals surface area contributed by atoms with Crippen molar-refractivity contribution in [1.29, 1.82) is 0 Å². The molecule has 0 saturated heterocycles. The average Bonchev–Trinajstić information content (AvgIpc) is 2.78. The number of nitrogens with zero attached hydrogens (tertiary/aromatic N) is 3. The standard InChI is InChI=1S/C25H29F3N4O2/c1-5-21(22-29-19-13-9-7-11-17(19)23(33)31(22)6-2)32(15-16(3)4)24(34)30-20-14-10-8-12-18(20)25(26,27)28/h7-14,16,21H,5-6,15H2,1-4H3,(H,30,34). The summed E-state index contributed by atoms with van der Waals surface area (Å²) in [6.45, 7) is 8.12. The van der Waals surface area contributed by atoms with E-state index in [2.05, 4.69) is 5.32 Å². The smallest absolute Gasteiger partial charge is 0.314 e. The normalized spacial score (nSPS) is 12.7. The second-order valence-corrected chi connectivity index (χ2v) is 8.48. The van der Waals surface area contributed by atoms with Crippen molar-refractivity contribution in [3.8, 4) is 0 Å². The Balaban J connectivity index is 2.09. The van der Waals surface area contributed by atoms with Crippen molar-refractivity contribution < 1.29 is 18.0 Å². The summed E-state index contributed by atoms with van der Waals surface area (Å²) in [5.74, 6) is 0.438. The van der Waals surface area contributed by atoms with E-state index in [1.165, 1.54) is 27.7 Å². The first kappa shape index (κ1) is 25.3. The number of hydrogen-bond donors (Lipinski definition) is 1. The van der Waals surface area contributed by atoms with Gasteiger partial charge in [-0.05, 0) is 43.5 Å². The highest BCUT2D eigenvalue weighted by molar-refractivity contribution is 5.90. The number of anilines is 1. The minimum absolute atomic E-state index is 0.0277. The maximum Gasteiger partial charge on any atom is 0.418 e. The van der Waals surface area contributed by atoms with Gasteiger partial charge in [-0.15, -0.1) is 0 Å². The predicted octanol–water partition coefficient (Wildman–Crippen LogP) is 6.08. The number of hydrogen-bond acceptors (Lipinski definition) is 3. The van der Waals surface area contributed by atoms with Crippen molar-refractivity contribution in [2.45, 2.75) is 52.9 Å². The molecule has 1 atom stereocenters. The summed E-state index contributed by atoms with van der Waals surface area (Å²) in [5.41, 5.74) is -0.940. The number of aromatic nitrogens is 2. The molecule has 2 amide bonds. The van der Waals surface area contributed by atoms with Crippen LogP contribution in [-0.4, -0.2) is 27.0 Å². The van der Waals surface area contributed by atoms with Crippen LogP contribution in [0.15, 0.2) is 53.3 Å². The molecule has 2 aromatic carbocycles. The summed E-state index contributed by atoms with van der Waals surface area (Å²) in [4.78, 5) is 32.7. The fraction of sp³-hybridized carbons (Fsp3) is 0.400. The molecule has 0 fully saturated rings. The number of alkyl halides is 3. The lowest BCUT2D eigenvalue weighted by Crippen LogP contribution is -2.43. The van der Waals surface area contributed by atoms with Crippen LogP contribution in [0, 0.1) is 5.92 Å². The molecule has 6 nitrogen and oxygen atoms in total. The third-order valence-corrected chi connectivity index (χ3v) is 5.57. The zero-order valence-corrected chi connectivity index (χ0v) is 19.7. The Kier molecular flexibility index (Phi) is 7.64. The van der Waals surface area contributed by atoms with E-state index in [9.17, 15) is 22.8 Å². The molecule has 1 unspecified atom stereocenters. The lowest BCUT2D eigenvalue weighted by Gasteiger charge is -2.33. The molecule has 0 bridgehead atoms. The number of halogens is 3. The molecule has 182 valence electrons. The summed E-state index contributed by atoms with van der Waals surface area (Å²) in [5, 5.41) is 2.92. The molecule has 0 radical (unpaired) electrons. The van der Waals surface area contributed by atoms with Gasteiger partial charge in [0.25, 0.3) is 5.56 Å².